The lowest BCUT2D eigenvalue weighted by atomic mass is 10.1. The highest BCUT2D eigenvalue weighted by atomic mass is 19.1. The van der Waals surface area contributed by atoms with Gasteiger partial charge in [0.15, 0.2) is 0 Å². The van der Waals surface area contributed by atoms with Gasteiger partial charge in [-0.1, -0.05) is 6.92 Å². The molecule has 0 saturated heterocycles. The van der Waals surface area contributed by atoms with Gasteiger partial charge in [-0.3, -0.25) is 4.79 Å². The van der Waals surface area contributed by atoms with Gasteiger partial charge in [-0.05, 0) is 42.5 Å². The van der Waals surface area contributed by atoms with Crippen LogP contribution in [0.5, 0.6) is 0 Å². The van der Waals surface area contributed by atoms with Gasteiger partial charge in [0, 0.05) is 29.6 Å². The number of fused-ring (bicyclic) bond motifs is 1. The third-order valence-electron chi connectivity index (χ3n) is 3.87. The molecule has 1 aromatic heterocycles. The number of hydrogen-bond acceptors (Lipinski definition) is 1. The van der Waals surface area contributed by atoms with Crippen LogP contribution < -0.4 is 5.32 Å². The Morgan fingerprint density at radius 1 is 1.53 bits per heavy atom. The van der Waals surface area contributed by atoms with Crippen LogP contribution in [-0.4, -0.2) is 17.4 Å². The average molecular weight is 260 g/mol. The first kappa shape index (κ1) is 12.2. The zero-order chi connectivity index (χ0) is 13.4. The highest BCUT2D eigenvalue weighted by Gasteiger charge is 2.38. The van der Waals surface area contributed by atoms with Gasteiger partial charge >= 0.3 is 0 Å². The predicted octanol–water partition coefficient (Wildman–Crippen LogP) is 2.62. The molecule has 3 nitrogen and oxygen atoms in total. The fraction of sp³-hybridized carbons (Fsp3) is 0.400. The lowest BCUT2D eigenvalue weighted by Crippen LogP contribution is -2.27. The topological polar surface area (TPSA) is 44.9 Å². The van der Waals surface area contributed by atoms with E-state index in [1.807, 2.05) is 6.20 Å². The first-order valence-corrected chi connectivity index (χ1v) is 6.68. The van der Waals surface area contributed by atoms with Gasteiger partial charge in [0.1, 0.15) is 5.82 Å². The standard InChI is InChI=1S/C15H17FN2O/c1-9-6-13(9)15(19)17-5-4-10-8-18-14-7-11(16)2-3-12(10)14/h2-3,7-9,13,18H,4-6H2,1H3,(H,17,19)/t9-,13-/m1/s1. The van der Waals surface area contributed by atoms with Crippen molar-refractivity contribution in [3.05, 3.63) is 35.8 Å². The van der Waals surface area contributed by atoms with E-state index in [4.69, 9.17) is 0 Å². The van der Waals surface area contributed by atoms with E-state index in [1.165, 1.54) is 12.1 Å². The summed E-state index contributed by atoms with van der Waals surface area (Å²) in [6.07, 6.45) is 3.66. The Bertz CT molecular complexity index is 620. The van der Waals surface area contributed by atoms with E-state index in [-0.39, 0.29) is 17.6 Å². The molecule has 1 aliphatic carbocycles. The van der Waals surface area contributed by atoms with Crippen LogP contribution in [0.4, 0.5) is 4.39 Å². The monoisotopic (exact) mass is 260 g/mol. The van der Waals surface area contributed by atoms with Gasteiger partial charge in [-0.15, -0.1) is 0 Å². The number of halogens is 1. The number of rotatable bonds is 4. The predicted molar refractivity (Wildman–Crippen MR) is 72.2 cm³/mol. The second kappa shape index (κ2) is 4.68. The number of nitrogens with one attached hydrogen (secondary N) is 2. The molecule has 2 aromatic rings. The van der Waals surface area contributed by atoms with E-state index < -0.39 is 0 Å². The van der Waals surface area contributed by atoms with Gasteiger partial charge in [0.05, 0.1) is 0 Å². The minimum absolute atomic E-state index is 0.165. The highest BCUT2D eigenvalue weighted by molar-refractivity contribution is 5.83. The Balaban J connectivity index is 1.61. The van der Waals surface area contributed by atoms with E-state index in [9.17, 15) is 9.18 Å². The van der Waals surface area contributed by atoms with Crippen molar-refractivity contribution in [1.82, 2.24) is 10.3 Å². The number of aromatic amines is 1. The number of carbonyl (C=O) groups is 1. The quantitative estimate of drug-likeness (QED) is 0.872. The summed E-state index contributed by atoms with van der Waals surface area (Å²) < 4.78 is 13.1. The minimum atomic E-state index is -0.239. The van der Waals surface area contributed by atoms with Crippen molar-refractivity contribution >= 4 is 16.8 Å². The number of benzene rings is 1. The molecule has 1 heterocycles. The molecule has 2 N–H and O–H groups in total. The van der Waals surface area contributed by atoms with Crippen LogP contribution in [0, 0.1) is 17.7 Å². The Labute approximate surface area is 111 Å². The van der Waals surface area contributed by atoms with Crippen LogP contribution in [0.1, 0.15) is 18.9 Å². The van der Waals surface area contributed by atoms with E-state index in [0.717, 1.165) is 29.3 Å². The lowest BCUT2D eigenvalue weighted by Gasteiger charge is -2.03. The molecule has 3 rings (SSSR count). The average Bonchev–Trinajstić information content (AvgIpc) is 2.98. The zero-order valence-electron chi connectivity index (χ0n) is 10.9. The van der Waals surface area contributed by atoms with E-state index in [1.54, 1.807) is 6.07 Å². The number of carbonyl (C=O) groups excluding carboxylic acids is 1. The first-order chi connectivity index (χ1) is 9.15. The first-order valence-electron chi connectivity index (χ1n) is 6.68. The summed E-state index contributed by atoms with van der Waals surface area (Å²) in [5, 5.41) is 3.99. The van der Waals surface area contributed by atoms with Gasteiger partial charge in [-0.2, -0.15) is 0 Å². The normalized spacial score (nSPS) is 21.6. The molecule has 100 valence electrons. The van der Waals surface area contributed by atoms with Crippen LogP contribution in [0.3, 0.4) is 0 Å². The minimum Gasteiger partial charge on any atom is -0.361 e. The SMILES string of the molecule is C[C@@H]1C[C@H]1C(=O)NCCc1c[nH]c2cc(F)ccc12. The molecule has 1 aliphatic rings. The van der Waals surface area contributed by atoms with Crippen LogP contribution in [0.25, 0.3) is 10.9 Å². The summed E-state index contributed by atoms with van der Waals surface area (Å²) in [5.74, 6) is 0.684. The molecule has 0 spiro atoms. The maximum Gasteiger partial charge on any atom is 0.223 e. The second-order valence-corrected chi connectivity index (χ2v) is 5.36. The van der Waals surface area contributed by atoms with Gasteiger partial charge < -0.3 is 10.3 Å². The third-order valence-corrected chi connectivity index (χ3v) is 3.87. The zero-order valence-corrected chi connectivity index (χ0v) is 10.9. The molecule has 4 heteroatoms. The summed E-state index contributed by atoms with van der Waals surface area (Å²) in [5.41, 5.74) is 1.91. The molecule has 1 saturated carbocycles. The maximum atomic E-state index is 13.1. The number of amides is 1. The summed E-state index contributed by atoms with van der Waals surface area (Å²) in [6.45, 7) is 2.73. The van der Waals surface area contributed by atoms with Crippen LogP contribution in [0.2, 0.25) is 0 Å². The van der Waals surface area contributed by atoms with Crippen molar-refractivity contribution in [2.24, 2.45) is 11.8 Å². The number of hydrogen-bond donors (Lipinski definition) is 2. The van der Waals surface area contributed by atoms with Crippen molar-refractivity contribution < 1.29 is 9.18 Å². The molecule has 0 bridgehead atoms. The molecule has 1 fully saturated rings. The molecule has 0 radical (unpaired) electrons. The van der Waals surface area contributed by atoms with E-state index in [0.29, 0.717) is 12.5 Å². The van der Waals surface area contributed by atoms with Crippen molar-refractivity contribution in [3.8, 4) is 0 Å². The van der Waals surface area contributed by atoms with Crippen molar-refractivity contribution in [2.75, 3.05) is 6.54 Å². The number of aromatic nitrogens is 1. The Kier molecular flexibility index (Phi) is 3.01. The maximum absolute atomic E-state index is 13.1. The fourth-order valence-electron chi connectivity index (χ4n) is 2.50. The molecule has 1 aromatic carbocycles. The van der Waals surface area contributed by atoms with Gasteiger partial charge in [0.2, 0.25) is 5.91 Å². The smallest absolute Gasteiger partial charge is 0.223 e. The highest BCUT2D eigenvalue weighted by Crippen LogP contribution is 2.37. The Hall–Kier alpha value is -1.84. The molecule has 19 heavy (non-hydrogen) atoms. The second-order valence-electron chi connectivity index (χ2n) is 5.36. The molecular weight excluding hydrogens is 243 g/mol. The summed E-state index contributed by atoms with van der Waals surface area (Å²) >= 11 is 0. The van der Waals surface area contributed by atoms with Crippen molar-refractivity contribution in [2.45, 2.75) is 19.8 Å². The Morgan fingerprint density at radius 2 is 2.32 bits per heavy atom. The van der Waals surface area contributed by atoms with Gasteiger partial charge in [-0.25, -0.2) is 4.39 Å². The molecular formula is C15H17FN2O. The summed E-state index contributed by atoms with van der Waals surface area (Å²) in [4.78, 5) is 14.7. The molecule has 1 amide bonds. The van der Waals surface area contributed by atoms with Crippen molar-refractivity contribution in [1.29, 1.82) is 0 Å². The molecule has 0 aliphatic heterocycles. The van der Waals surface area contributed by atoms with Crippen LogP contribution in [0.15, 0.2) is 24.4 Å². The Morgan fingerprint density at radius 3 is 3.05 bits per heavy atom. The molecule has 2 atom stereocenters. The number of H-pyrrole nitrogens is 1. The van der Waals surface area contributed by atoms with Gasteiger partial charge in [0.25, 0.3) is 0 Å². The third kappa shape index (κ3) is 2.48. The van der Waals surface area contributed by atoms with Crippen LogP contribution in [-0.2, 0) is 11.2 Å². The largest absolute Gasteiger partial charge is 0.361 e. The van der Waals surface area contributed by atoms with E-state index >= 15 is 0 Å². The fourth-order valence-corrected chi connectivity index (χ4v) is 2.50. The lowest BCUT2D eigenvalue weighted by molar-refractivity contribution is -0.122. The summed E-state index contributed by atoms with van der Waals surface area (Å²) in [6, 6.07) is 4.73. The van der Waals surface area contributed by atoms with E-state index in [2.05, 4.69) is 17.2 Å². The van der Waals surface area contributed by atoms with Crippen molar-refractivity contribution in [3.63, 3.8) is 0 Å². The molecule has 0 unspecified atom stereocenters. The summed E-state index contributed by atoms with van der Waals surface area (Å²) in [7, 11) is 0. The van der Waals surface area contributed by atoms with Crippen LogP contribution >= 0.6 is 0 Å².